The van der Waals surface area contributed by atoms with Crippen LogP contribution >= 0.6 is 0 Å². The van der Waals surface area contributed by atoms with Crippen molar-refractivity contribution in [1.29, 1.82) is 0 Å². The van der Waals surface area contributed by atoms with Gasteiger partial charge in [0.2, 0.25) is 0 Å². The summed E-state index contributed by atoms with van der Waals surface area (Å²) in [5.41, 5.74) is 30.1. The molecule has 114 heavy (non-hydrogen) atoms. The topological polar surface area (TPSA) is 61.4 Å². The molecular weight excluding hydrogens is 1380 g/mol. The zero-order valence-corrected chi connectivity index (χ0v) is 61.9. The van der Waals surface area contributed by atoms with E-state index in [1.54, 1.807) is 0 Å². The molecule has 6 heteroatoms. The predicted octanol–water partition coefficient (Wildman–Crippen LogP) is 28.6. The van der Waals surface area contributed by atoms with Gasteiger partial charge in [-0.1, -0.05) is 297 Å². The molecule has 19 aromatic carbocycles. The van der Waals surface area contributed by atoms with Crippen LogP contribution in [0.1, 0.15) is 0 Å². The lowest BCUT2D eigenvalue weighted by Gasteiger charge is -2.14. The molecule has 4 aromatic heterocycles. The third-order valence-electron chi connectivity index (χ3n) is 22.9. The molecule has 0 atom stereocenters. The van der Waals surface area contributed by atoms with E-state index < -0.39 is 0 Å². The standard InChI is InChI=1S/C56H35N3.C52H33N3/c1-2-14-38(15-3-1)47-18-10-20-49-48(47)19-11-23-53(49)59-54-29-28-43(35-50(54)55-56(59)58-52-22-9-8-21-51(52)57-55)46-33-44(41-26-24-36-12-4-6-16-39(36)30-41)32-45(34-46)42-27-25-37-13-5-7-17-40(37)31-42;1-3-13-34(14-4-1)40-30-41(38-26-25-35-15-7-8-18-37(35)29-38)32-42(31-40)39-27-28-50-46(33-39)51-52(54-48-23-10-9-22-47(48)53-51)55(50)49-24-12-20-44-43(19-11-21-45(44)49)36-16-5-2-6-17-36/h1-35H;1-33H. The first kappa shape index (κ1) is 65.8. The minimum atomic E-state index is 0.843. The monoisotopic (exact) mass is 1450 g/mol. The fourth-order valence-corrected chi connectivity index (χ4v) is 17.3. The molecule has 4 heterocycles. The van der Waals surface area contributed by atoms with Gasteiger partial charge in [0.05, 0.1) is 44.5 Å². The zero-order valence-electron chi connectivity index (χ0n) is 61.9. The molecule has 0 amide bonds. The Morgan fingerprint density at radius 1 is 0.158 bits per heavy atom. The first-order valence-corrected chi connectivity index (χ1v) is 38.9. The lowest BCUT2D eigenvalue weighted by atomic mass is 9.91. The van der Waals surface area contributed by atoms with Gasteiger partial charge in [0.15, 0.2) is 11.3 Å². The van der Waals surface area contributed by atoms with Gasteiger partial charge in [-0.2, -0.15) is 0 Å². The van der Waals surface area contributed by atoms with Crippen molar-refractivity contribution in [3.05, 3.63) is 413 Å². The van der Waals surface area contributed by atoms with E-state index in [2.05, 4.69) is 397 Å². The second kappa shape index (κ2) is 27.4. The van der Waals surface area contributed by atoms with Gasteiger partial charge in [0, 0.05) is 21.5 Å². The fraction of sp³-hybridized carbons (Fsp3) is 0. The Labute approximate surface area is 657 Å². The third kappa shape index (κ3) is 11.6. The first-order valence-electron chi connectivity index (χ1n) is 38.9. The van der Waals surface area contributed by atoms with Crippen LogP contribution in [-0.4, -0.2) is 29.1 Å². The van der Waals surface area contributed by atoms with Gasteiger partial charge in [-0.05, 0) is 247 Å². The molecule has 0 saturated heterocycles. The van der Waals surface area contributed by atoms with Crippen LogP contribution in [0.3, 0.4) is 0 Å². The number of nitrogens with zero attached hydrogens (tertiary/aromatic N) is 6. The molecule has 6 nitrogen and oxygen atoms in total. The number of benzene rings is 19. The van der Waals surface area contributed by atoms with E-state index in [4.69, 9.17) is 19.9 Å². The highest BCUT2D eigenvalue weighted by molar-refractivity contribution is 6.14. The van der Waals surface area contributed by atoms with Crippen molar-refractivity contribution in [3.63, 3.8) is 0 Å². The van der Waals surface area contributed by atoms with Crippen molar-refractivity contribution >= 4 is 120 Å². The van der Waals surface area contributed by atoms with Gasteiger partial charge in [-0.25, -0.2) is 19.9 Å². The van der Waals surface area contributed by atoms with E-state index in [1.165, 1.54) is 110 Å². The fourth-order valence-electron chi connectivity index (χ4n) is 17.3. The third-order valence-corrected chi connectivity index (χ3v) is 22.9. The highest BCUT2D eigenvalue weighted by Crippen LogP contribution is 2.44. The maximum atomic E-state index is 5.34. The van der Waals surface area contributed by atoms with E-state index in [9.17, 15) is 0 Å². The quantitative estimate of drug-likeness (QED) is 0.137. The normalized spacial score (nSPS) is 11.7. The molecule has 0 N–H and O–H groups in total. The van der Waals surface area contributed by atoms with Crippen molar-refractivity contribution in [1.82, 2.24) is 29.1 Å². The SMILES string of the molecule is c1ccc(-c2cc(-c3ccc4ccccc4c3)cc(-c3ccc4c(c3)c3nc5ccccc5nc3n4-c3cccc4c(-c5ccccc5)cccc34)c2)cc1.c1ccc(-c2cccc3c(-n4c5ccc(-c6cc(-c7ccc8ccccc8c7)cc(-c7ccc8ccccc8c7)c6)cc5c5nc6ccccc6nc54)cccc23)cc1. The van der Waals surface area contributed by atoms with Crippen LogP contribution in [0, 0.1) is 0 Å². The second-order valence-corrected chi connectivity index (χ2v) is 29.6. The maximum Gasteiger partial charge on any atom is 0.165 e. The van der Waals surface area contributed by atoms with Crippen molar-refractivity contribution < 1.29 is 0 Å². The van der Waals surface area contributed by atoms with Gasteiger partial charge in [0.25, 0.3) is 0 Å². The maximum absolute atomic E-state index is 5.34. The van der Waals surface area contributed by atoms with Gasteiger partial charge < -0.3 is 0 Å². The highest BCUT2D eigenvalue weighted by atomic mass is 15.1. The van der Waals surface area contributed by atoms with Gasteiger partial charge in [-0.3, -0.25) is 9.13 Å². The highest BCUT2D eigenvalue weighted by Gasteiger charge is 2.23. The molecule has 0 bridgehead atoms. The number of para-hydroxylation sites is 4. The summed E-state index contributed by atoms with van der Waals surface area (Å²) in [5.74, 6) is 0. The Morgan fingerprint density at radius 3 is 0.825 bits per heavy atom. The van der Waals surface area contributed by atoms with Crippen LogP contribution in [0.5, 0.6) is 0 Å². The van der Waals surface area contributed by atoms with Gasteiger partial charge in [0.1, 0.15) is 11.0 Å². The Balaban J connectivity index is 0.000000139. The number of hydrogen-bond donors (Lipinski definition) is 0. The first-order chi connectivity index (χ1) is 56.5. The van der Waals surface area contributed by atoms with Crippen LogP contribution in [0.15, 0.2) is 413 Å². The zero-order chi connectivity index (χ0) is 75.2. The van der Waals surface area contributed by atoms with Gasteiger partial charge >= 0.3 is 0 Å². The van der Waals surface area contributed by atoms with Crippen LogP contribution in [-0.2, 0) is 0 Å². The summed E-state index contributed by atoms with van der Waals surface area (Å²) in [6.45, 7) is 0. The van der Waals surface area contributed by atoms with Crippen LogP contribution in [0.25, 0.3) is 220 Å². The molecular formula is C108H68N6. The molecule has 23 aromatic rings. The van der Waals surface area contributed by atoms with Crippen molar-refractivity contribution in [2.45, 2.75) is 0 Å². The lowest BCUT2D eigenvalue weighted by molar-refractivity contribution is 1.15. The number of rotatable bonds is 10. The van der Waals surface area contributed by atoms with E-state index >= 15 is 0 Å². The van der Waals surface area contributed by atoms with E-state index in [0.29, 0.717) is 0 Å². The minimum absolute atomic E-state index is 0.843. The molecule has 0 radical (unpaired) electrons. The molecule has 0 aliphatic carbocycles. The van der Waals surface area contributed by atoms with Crippen LogP contribution in [0.4, 0.5) is 0 Å². The van der Waals surface area contributed by atoms with E-state index in [1.807, 2.05) is 24.3 Å². The molecule has 23 rings (SSSR count). The molecule has 0 saturated carbocycles. The Morgan fingerprint density at radius 2 is 0.447 bits per heavy atom. The molecule has 0 fully saturated rings. The molecule has 0 unspecified atom stereocenters. The van der Waals surface area contributed by atoms with Crippen molar-refractivity contribution in [3.8, 4) is 100 Å². The summed E-state index contributed by atoms with van der Waals surface area (Å²) >= 11 is 0. The summed E-state index contributed by atoms with van der Waals surface area (Å²) in [7, 11) is 0. The van der Waals surface area contributed by atoms with Gasteiger partial charge in [-0.15, -0.1) is 0 Å². The van der Waals surface area contributed by atoms with E-state index in [-0.39, 0.29) is 0 Å². The average molecular weight is 1450 g/mol. The Hall–Kier alpha value is -15.2. The number of hydrogen-bond acceptors (Lipinski definition) is 4. The largest absolute Gasteiger partial charge is 0.292 e. The number of aromatic nitrogens is 6. The minimum Gasteiger partial charge on any atom is -0.292 e. The summed E-state index contributed by atoms with van der Waals surface area (Å²) in [4.78, 5) is 21.3. The Bertz CT molecular complexity index is 7700. The Kier molecular flexibility index (Phi) is 15.8. The lowest BCUT2D eigenvalue weighted by Crippen LogP contribution is -1.98. The molecule has 0 aliphatic heterocycles. The van der Waals surface area contributed by atoms with E-state index in [0.717, 1.165) is 111 Å². The molecule has 530 valence electrons. The smallest absolute Gasteiger partial charge is 0.165 e. The van der Waals surface area contributed by atoms with Crippen LogP contribution < -0.4 is 0 Å². The second-order valence-electron chi connectivity index (χ2n) is 29.6. The number of fused-ring (bicyclic) bond motifs is 13. The van der Waals surface area contributed by atoms with Crippen molar-refractivity contribution in [2.24, 2.45) is 0 Å². The average Bonchev–Trinajstić information content (AvgIpc) is 1.57. The predicted molar refractivity (Wildman–Crippen MR) is 479 cm³/mol. The molecule has 0 spiro atoms. The van der Waals surface area contributed by atoms with Crippen molar-refractivity contribution in [2.75, 3.05) is 0 Å². The summed E-state index contributed by atoms with van der Waals surface area (Å²) in [6, 6.07) is 148. The molecule has 0 aliphatic rings. The summed E-state index contributed by atoms with van der Waals surface area (Å²) in [6.07, 6.45) is 0. The van der Waals surface area contributed by atoms with Crippen LogP contribution in [0.2, 0.25) is 0 Å². The summed E-state index contributed by atoms with van der Waals surface area (Å²) < 4.78 is 4.63. The summed E-state index contributed by atoms with van der Waals surface area (Å²) in [5, 5.41) is 14.3.